The minimum Gasteiger partial charge on any atom is -0.478 e. The molecule has 14 heavy (non-hydrogen) atoms. The van der Waals surface area contributed by atoms with E-state index in [1.807, 2.05) is 6.07 Å². The van der Waals surface area contributed by atoms with Crippen molar-refractivity contribution in [2.24, 2.45) is 0 Å². The molecule has 0 atom stereocenters. The number of hydrogen-bond acceptors (Lipinski definition) is 3. The second kappa shape index (κ2) is 4.49. The van der Waals surface area contributed by atoms with Gasteiger partial charge in [0.25, 0.3) is 0 Å². The molecule has 0 bridgehead atoms. The minimum atomic E-state index is -1.03. The van der Waals surface area contributed by atoms with Crippen molar-refractivity contribution < 1.29 is 9.90 Å². The Hall–Kier alpha value is -1.73. The zero-order valence-electron chi connectivity index (χ0n) is 7.23. The highest BCUT2D eigenvalue weighted by Crippen LogP contribution is 2.16. The minimum absolute atomic E-state index is 0.517. The van der Waals surface area contributed by atoms with E-state index in [4.69, 9.17) is 22.6 Å². The van der Waals surface area contributed by atoms with Gasteiger partial charge in [0, 0.05) is 22.9 Å². The number of allylic oxidation sites excluding steroid dienone is 5. The Kier molecular flexibility index (Phi) is 3.32. The predicted octanol–water partition coefficient (Wildman–Crippen LogP) is 1.78. The van der Waals surface area contributed by atoms with Crippen LogP contribution in [0.15, 0.2) is 35.5 Å². The van der Waals surface area contributed by atoms with Crippen LogP contribution in [0, 0.1) is 11.3 Å². The van der Waals surface area contributed by atoms with E-state index in [0.717, 1.165) is 6.08 Å². The van der Waals surface area contributed by atoms with E-state index in [2.05, 4.69) is 0 Å². The molecule has 1 aliphatic carbocycles. The maximum absolute atomic E-state index is 10.3. The first-order valence-corrected chi connectivity index (χ1v) is 4.30. The van der Waals surface area contributed by atoms with Crippen LogP contribution >= 0.6 is 12.2 Å². The maximum Gasteiger partial charge on any atom is 0.328 e. The molecule has 0 amide bonds. The molecule has 1 aliphatic rings. The van der Waals surface area contributed by atoms with Gasteiger partial charge in [-0.2, -0.15) is 5.26 Å². The fourth-order valence-corrected chi connectivity index (χ4v) is 1.22. The van der Waals surface area contributed by atoms with Gasteiger partial charge in [-0.05, 0) is 17.7 Å². The Morgan fingerprint density at radius 1 is 1.71 bits per heavy atom. The number of nitriles is 1. The van der Waals surface area contributed by atoms with Crippen LogP contribution < -0.4 is 0 Å². The molecule has 1 N–H and O–H groups in total. The van der Waals surface area contributed by atoms with Gasteiger partial charge >= 0.3 is 5.97 Å². The monoisotopic (exact) mass is 205 g/mol. The average molecular weight is 205 g/mol. The maximum atomic E-state index is 10.3. The summed E-state index contributed by atoms with van der Waals surface area (Å²) < 4.78 is 0. The number of carbonyl (C=O) groups is 1. The van der Waals surface area contributed by atoms with Gasteiger partial charge in [-0.1, -0.05) is 18.3 Å². The number of nitrogens with zero attached hydrogens (tertiary/aromatic N) is 1. The molecular weight excluding hydrogens is 198 g/mol. The second-order valence-electron chi connectivity index (χ2n) is 2.67. The third-order valence-electron chi connectivity index (χ3n) is 1.67. The summed E-state index contributed by atoms with van der Waals surface area (Å²) in [6.45, 7) is 0. The summed E-state index contributed by atoms with van der Waals surface area (Å²) in [4.78, 5) is 10.9. The molecule has 1 rings (SSSR count). The molecule has 0 aromatic heterocycles. The lowest BCUT2D eigenvalue weighted by Crippen LogP contribution is -2.02. The van der Waals surface area contributed by atoms with E-state index in [1.54, 1.807) is 12.2 Å². The zero-order chi connectivity index (χ0) is 10.6. The lowest BCUT2D eigenvalue weighted by Gasteiger charge is -2.07. The van der Waals surface area contributed by atoms with Crippen LogP contribution in [0.4, 0.5) is 0 Å². The van der Waals surface area contributed by atoms with Crippen LogP contribution in [0.5, 0.6) is 0 Å². The van der Waals surface area contributed by atoms with Crippen molar-refractivity contribution in [1.29, 1.82) is 5.26 Å². The Bertz CT molecular complexity index is 410. The van der Waals surface area contributed by atoms with Crippen molar-refractivity contribution in [2.45, 2.75) is 6.42 Å². The van der Waals surface area contributed by atoms with Crippen molar-refractivity contribution in [3.05, 3.63) is 35.5 Å². The van der Waals surface area contributed by atoms with Crippen LogP contribution in [0.25, 0.3) is 0 Å². The molecule has 0 saturated carbocycles. The third kappa shape index (κ3) is 2.64. The van der Waals surface area contributed by atoms with Gasteiger partial charge in [0.15, 0.2) is 0 Å². The van der Waals surface area contributed by atoms with Gasteiger partial charge in [0.1, 0.15) is 0 Å². The molecule has 0 aromatic carbocycles. The van der Waals surface area contributed by atoms with E-state index in [1.165, 1.54) is 6.08 Å². The molecule has 70 valence electrons. The Labute approximate surface area is 86.7 Å². The van der Waals surface area contributed by atoms with Crippen molar-refractivity contribution in [3.8, 4) is 6.07 Å². The largest absolute Gasteiger partial charge is 0.478 e. The Morgan fingerprint density at radius 2 is 2.43 bits per heavy atom. The molecule has 4 heteroatoms. The number of hydrogen-bond donors (Lipinski definition) is 1. The highest BCUT2D eigenvalue weighted by atomic mass is 32.1. The van der Waals surface area contributed by atoms with Crippen LogP contribution in [-0.4, -0.2) is 15.9 Å². The number of carboxylic acid groups (broad SMARTS) is 1. The summed E-state index contributed by atoms with van der Waals surface area (Å²) in [5.41, 5.74) is 1.14. The first-order valence-electron chi connectivity index (χ1n) is 3.89. The second-order valence-corrected chi connectivity index (χ2v) is 3.16. The van der Waals surface area contributed by atoms with Gasteiger partial charge in [-0.15, -0.1) is 0 Å². The highest BCUT2D eigenvalue weighted by molar-refractivity contribution is 7.80. The third-order valence-corrected chi connectivity index (χ3v) is 2.08. The fourth-order valence-electron chi connectivity index (χ4n) is 1.01. The van der Waals surface area contributed by atoms with E-state index >= 15 is 0 Å². The number of carboxylic acids is 1. The summed E-state index contributed by atoms with van der Waals surface area (Å²) in [7, 11) is 0. The van der Waals surface area contributed by atoms with Gasteiger partial charge in [-0.25, -0.2) is 4.79 Å². The molecule has 3 nitrogen and oxygen atoms in total. The van der Waals surface area contributed by atoms with Crippen LogP contribution in [-0.2, 0) is 4.79 Å². The molecule has 0 spiro atoms. The van der Waals surface area contributed by atoms with Gasteiger partial charge < -0.3 is 5.11 Å². The number of thiocarbonyl (C=S) groups is 1. The first-order chi connectivity index (χ1) is 6.63. The molecule has 0 aromatic rings. The van der Waals surface area contributed by atoms with Gasteiger partial charge in [0.05, 0.1) is 6.07 Å². The molecule has 0 radical (unpaired) electrons. The van der Waals surface area contributed by atoms with E-state index in [-0.39, 0.29) is 0 Å². The Balaban J connectivity index is 2.91. The molecule has 0 fully saturated rings. The molecule has 0 unspecified atom stereocenters. The summed E-state index contributed by atoms with van der Waals surface area (Å²) in [6.07, 6.45) is 6.26. The van der Waals surface area contributed by atoms with Crippen LogP contribution in [0.3, 0.4) is 0 Å². The van der Waals surface area contributed by atoms with E-state index in [9.17, 15) is 4.79 Å². The fraction of sp³-hybridized carbons (Fsp3) is 0.100. The molecule has 0 aliphatic heterocycles. The lowest BCUT2D eigenvalue weighted by molar-refractivity contribution is -0.131. The smallest absolute Gasteiger partial charge is 0.328 e. The summed E-state index contributed by atoms with van der Waals surface area (Å²) in [6, 6.07) is 1.99. The van der Waals surface area contributed by atoms with Crippen LogP contribution in [0.2, 0.25) is 0 Å². The average Bonchev–Trinajstić information content (AvgIpc) is 2.16. The predicted molar refractivity (Wildman–Crippen MR) is 55.8 cm³/mol. The topological polar surface area (TPSA) is 61.1 Å². The van der Waals surface area contributed by atoms with E-state index < -0.39 is 5.97 Å². The lowest BCUT2D eigenvalue weighted by atomic mass is 9.99. The number of rotatable bonds is 2. The molecule has 0 saturated heterocycles. The van der Waals surface area contributed by atoms with Crippen molar-refractivity contribution in [3.63, 3.8) is 0 Å². The summed E-state index contributed by atoms with van der Waals surface area (Å²) in [5.74, 6) is -1.03. The normalized spacial score (nSPS) is 16.1. The summed E-state index contributed by atoms with van der Waals surface area (Å²) >= 11 is 5.01. The standard InChI is InChI=1S/C10H7NO2S/c11-6-7-1-3-9(14)8(5-7)2-4-10(12)13/h1-2,4-5H,3H2,(H,12,13). The first kappa shape index (κ1) is 10.4. The number of aliphatic carboxylic acids is 1. The van der Waals surface area contributed by atoms with Crippen molar-refractivity contribution in [1.82, 2.24) is 0 Å². The van der Waals surface area contributed by atoms with Crippen LogP contribution in [0.1, 0.15) is 6.42 Å². The molecular formula is C10H7NO2S. The summed E-state index contributed by atoms with van der Waals surface area (Å²) in [5, 5.41) is 17.0. The highest BCUT2D eigenvalue weighted by Gasteiger charge is 2.08. The molecule has 0 heterocycles. The van der Waals surface area contributed by atoms with Gasteiger partial charge in [-0.3, -0.25) is 0 Å². The zero-order valence-corrected chi connectivity index (χ0v) is 8.04. The van der Waals surface area contributed by atoms with Crippen molar-refractivity contribution in [2.75, 3.05) is 0 Å². The van der Waals surface area contributed by atoms with Gasteiger partial charge in [0.2, 0.25) is 0 Å². The SMILES string of the molecule is N#CC1=CCC(=S)C(C=CC(=O)O)=C1. The van der Waals surface area contributed by atoms with E-state index in [0.29, 0.717) is 22.4 Å². The quantitative estimate of drug-likeness (QED) is 0.551. The Morgan fingerprint density at radius 3 is 3.00 bits per heavy atom. The van der Waals surface area contributed by atoms with Crippen molar-refractivity contribution >= 4 is 23.1 Å².